The summed E-state index contributed by atoms with van der Waals surface area (Å²) in [4.78, 5) is 23.5. The first-order chi connectivity index (χ1) is 20.1. The fourth-order valence-corrected chi connectivity index (χ4v) is 5.52. The number of carboxylic acids is 1. The third-order valence-corrected chi connectivity index (χ3v) is 7.62. The van der Waals surface area contributed by atoms with Crippen molar-refractivity contribution in [2.24, 2.45) is 0 Å². The zero-order valence-electron chi connectivity index (χ0n) is 23.8. The van der Waals surface area contributed by atoms with E-state index in [4.69, 9.17) is 13.9 Å². The first-order valence-corrected chi connectivity index (χ1v) is 14.8. The van der Waals surface area contributed by atoms with Gasteiger partial charge in [0.2, 0.25) is 0 Å². The quantitative estimate of drug-likeness (QED) is 0.172. The molecular formula is C34H33NO6S. The molecular weight excluding hydrogens is 550 g/mol. The summed E-state index contributed by atoms with van der Waals surface area (Å²) in [6.45, 7) is 5.61. The van der Waals surface area contributed by atoms with Gasteiger partial charge in [0, 0.05) is 22.3 Å². The first kappa shape index (κ1) is 29.1. The lowest BCUT2D eigenvalue weighted by Gasteiger charge is -2.21. The van der Waals surface area contributed by atoms with Gasteiger partial charge in [0.25, 0.3) is 0 Å². The van der Waals surface area contributed by atoms with E-state index in [2.05, 4.69) is 41.7 Å². The van der Waals surface area contributed by atoms with Crippen molar-refractivity contribution < 1.29 is 28.6 Å². The van der Waals surface area contributed by atoms with Gasteiger partial charge in [0.05, 0.1) is 0 Å². The maximum atomic E-state index is 12.0. The predicted octanol–water partition coefficient (Wildman–Crippen LogP) is 8.04. The van der Waals surface area contributed by atoms with Gasteiger partial charge in [0.15, 0.2) is 0 Å². The maximum absolute atomic E-state index is 12.0. The summed E-state index contributed by atoms with van der Waals surface area (Å²) < 4.78 is 17.3. The second-order valence-corrected chi connectivity index (χ2v) is 12.0. The average molecular weight is 584 g/mol. The van der Waals surface area contributed by atoms with Crippen LogP contribution >= 0.6 is 11.8 Å². The van der Waals surface area contributed by atoms with E-state index in [0.29, 0.717) is 12.4 Å². The number of rotatable bonds is 10. The van der Waals surface area contributed by atoms with Gasteiger partial charge >= 0.3 is 12.1 Å². The minimum Gasteiger partial charge on any atom is -0.489 e. The number of nitrogens with one attached hydrogen (secondary N) is 1. The lowest BCUT2D eigenvalue weighted by Crippen LogP contribution is -2.44. The summed E-state index contributed by atoms with van der Waals surface area (Å²) in [5.41, 5.74) is 5.30. The second kappa shape index (κ2) is 12.6. The molecule has 0 saturated heterocycles. The van der Waals surface area contributed by atoms with Gasteiger partial charge in [-0.2, -0.15) is 11.8 Å². The van der Waals surface area contributed by atoms with E-state index >= 15 is 0 Å². The highest BCUT2D eigenvalue weighted by molar-refractivity contribution is 7.98. The lowest BCUT2D eigenvalue weighted by atomic mass is 10.0. The molecule has 4 aromatic carbocycles. The molecule has 0 radical (unpaired) electrons. The van der Waals surface area contributed by atoms with Crippen molar-refractivity contribution >= 4 is 45.8 Å². The molecule has 0 aliphatic carbocycles. The molecule has 1 heterocycles. The van der Waals surface area contributed by atoms with Crippen molar-refractivity contribution in [3.63, 3.8) is 0 Å². The van der Waals surface area contributed by atoms with Crippen LogP contribution in [0.1, 0.15) is 31.9 Å². The smallest absolute Gasteiger partial charge is 0.408 e. The minimum absolute atomic E-state index is 0.215. The topological polar surface area (TPSA) is 98.0 Å². The summed E-state index contributed by atoms with van der Waals surface area (Å²) in [5.74, 6) is 0.452. The Morgan fingerprint density at radius 2 is 1.60 bits per heavy atom. The van der Waals surface area contributed by atoms with Crippen LogP contribution in [0.5, 0.6) is 5.75 Å². The summed E-state index contributed by atoms with van der Waals surface area (Å²) >= 11 is 1.42. The summed E-state index contributed by atoms with van der Waals surface area (Å²) in [5, 5.41) is 14.1. The van der Waals surface area contributed by atoms with Gasteiger partial charge in [-0.3, -0.25) is 0 Å². The number of amides is 1. The number of alkyl carbamates (subject to hydrolysis) is 1. The van der Waals surface area contributed by atoms with Crippen LogP contribution in [-0.2, 0) is 21.9 Å². The highest BCUT2D eigenvalue weighted by Crippen LogP contribution is 2.32. The summed E-state index contributed by atoms with van der Waals surface area (Å²) in [6, 6.07) is 29.3. The third-order valence-electron chi connectivity index (χ3n) is 6.51. The number of furan rings is 1. The molecule has 0 aliphatic heterocycles. The Hall–Kier alpha value is -4.43. The number of carbonyl (C=O) groups is 2. The number of para-hydroxylation sites is 1. The highest BCUT2D eigenvalue weighted by Gasteiger charge is 2.23. The largest absolute Gasteiger partial charge is 0.489 e. The van der Waals surface area contributed by atoms with Gasteiger partial charge < -0.3 is 24.3 Å². The number of thioether (sulfide) groups is 1. The Morgan fingerprint density at radius 1 is 0.857 bits per heavy atom. The molecule has 5 rings (SSSR count). The number of benzene rings is 4. The molecule has 8 heteroatoms. The first-order valence-electron chi connectivity index (χ1n) is 13.7. The van der Waals surface area contributed by atoms with Gasteiger partial charge in [-0.1, -0.05) is 54.6 Å². The monoisotopic (exact) mass is 583 g/mol. The molecule has 0 spiro atoms. The molecule has 1 amide bonds. The van der Waals surface area contributed by atoms with E-state index in [1.807, 2.05) is 54.6 Å². The Labute approximate surface area is 248 Å². The lowest BCUT2D eigenvalue weighted by molar-refractivity contribution is -0.138. The average Bonchev–Trinajstić information content (AvgIpc) is 3.33. The van der Waals surface area contributed by atoms with Gasteiger partial charge in [-0.15, -0.1) is 0 Å². The zero-order chi connectivity index (χ0) is 29.7. The van der Waals surface area contributed by atoms with Crippen molar-refractivity contribution in [1.29, 1.82) is 0 Å². The maximum Gasteiger partial charge on any atom is 0.408 e. The van der Waals surface area contributed by atoms with Crippen LogP contribution < -0.4 is 10.1 Å². The van der Waals surface area contributed by atoms with Crippen molar-refractivity contribution in [2.45, 2.75) is 44.8 Å². The summed E-state index contributed by atoms with van der Waals surface area (Å²) in [7, 11) is 0. The normalized spacial score (nSPS) is 12.3. The van der Waals surface area contributed by atoms with E-state index in [1.165, 1.54) is 11.8 Å². The van der Waals surface area contributed by atoms with E-state index in [9.17, 15) is 14.7 Å². The fraction of sp³-hybridized carbons (Fsp3) is 0.235. The van der Waals surface area contributed by atoms with Crippen LogP contribution in [0.2, 0.25) is 0 Å². The Bertz CT molecular complexity index is 1700. The summed E-state index contributed by atoms with van der Waals surface area (Å²) in [6.07, 6.45) is -0.741. The van der Waals surface area contributed by atoms with Crippen LogP contribution in [-0.4, -0.2) is 34.6 Å². The molecule has 0 fully saturated rings. The number of carbonyl (C=O) groups excluding carboxylic acids is 1. The van der Waals surface area contributed by atoms with Crippen molar-refractivity contribution in [3.8, 4) is 16.9 Å². The molecule has 2 N–H and O–H groups in total. The Kier molecular flexibility index (Phi) is 8.73. The fourth-order valence-electron chi connectivity index (χ4n) is 4.51. The molecule has 0 bridgehead atoms. The SMILES string of the molecule is CC(C)(C)OC(=O)NC(CSCc1ccc(OCc2cccc(-c3ccc4c(c3)oc3ccccc34)c2)cc1)C(=O)O. The van der Waals surface area contributed by atoms with Crippen molar-refractivity contribution in [2.75, 3.05) is 5.75 Å². The molecule has 0 aliphatic rings. The molecule has 42 heavy (non-hydrogen) atoms. The van der Waals surface area contributed by atoms with E-state index in [0.717, 1.165) is 49.9 Å². The molecule has 216 valence electrons. The van der Waals surface area contributed by atoms with E-state index < -0.39 is 23.7 Å². The number of aliphatic carboxylic acids is 1. The number of carboxylic acid groups (broad SMARTS) is 1. The number of hydrogen-bond donors (Lipinski definition) is 2. The van der Waals surface area contributed by atoms with Gasteiger partial charge in [-0.25, -0.2) is 9.59 Å². The van der Waals surface area contributed by atoms with E-state index in [1.54, 1.807) is 20.8 Å². The predicted molar refractivity (Wildman–Crippen MR) is 167 cm³/mol. The van der Waals surface area contributed by atoms with Crippen LogP contribution in [0.15, 0.2) is 95.4 Å². The van der Waals surface area contributed by atoms with Crippen molar-refractivity contribution in [1.82, 2.24) is 5.32 Å². The highest BCUT2D eigenvalue weighted by atomic mass is 32.2. The van der Waals surface area contributed by atoms with Crippen LogP contribution in [0.4, 0.5) is 4.79 Å². The van der Waals surface area contributed by atoms with Crippen LogP contribution in [0.3, 0.4) is 0 Å². The van der Waals surface area contributed by atoms with E-state index in [-0.39, 0.29) is 5.75 Å². The molecule has 1 unspecified atom stereocenters. The van der Waals surface area contributed by atoms with Crippen LogP contribution in [0, 0.1) is 0 Å². The number of fused-ring (bicyclic) bond motifs is 3. The third kappa shape index (κ3) is 7.44. The standard InChI is InChI=1S/C34H33NO6S/c1-34(2,3)41-33(38)35-29(32(36)37)21-42-20-22-11-14-26(15-12-22)39-19-23-7-6-8-24(17-23)25-13-16-28-27-9-4-5-10-30(27)40-31(28)18-25/h4-18,29H,19-21H2,1-3H3,(H,35,38)(H,36,37). The number of ether oxygens (including phenoxy) is 2. The van der Waals surface area contributed by atoms with Crippen LogP contribution in [0.25, 0.3) is 33.1 Å². The van der Waals surface area contributed by atoms with Gasteiger partial charge in [0.1, 0.15) is 35.2 Å². The minimum atomic E-state index is -1.10. The Balaban J connectivity index is 1.14. The molecule has 7 nitrogen and oxygen atoms in total. The molecule has 1 atom stereocenters. The van der Waals surface area contributed by atoms with Gasteiger partial charge in [-0.05, 0) is 79.4 Å². The number of hydrogen-bond acceptors (Lipinski definition) is 6. The Morgan fingerprint density at radius 3 is 2.36 bits per heavy atom. The molecule has 1 aromatic heterocycles. The molecule has 0 saturated carbocycles. The van der Waals surface area contributed by atoms with Crippen molar-refractivity contribution in [3.05, 3.63) is 102 Å². The molecule has 5 aromatic rings. The zero-order valence-corrected chi connectivity index (χ0v) is 24.6. The second-order valence-electron chi connectivity index (χ2n) is 11.0.